The topological polar surface area (TPSA) is 119 Å². The van der Waals surface area contributed by atoms with Crippen LogP contribution in [0.25, 0.3) is 5.69 Å². The van der Waals surface area contributed by atoms with Gasteiger partial charge in [-0.15, -0.1) is 0 Å². The largest absolute Gasteiger partial charge is 0.481 e. The van der Waals surface area contributed by atoms with Crippen molar-refractivity contribution in [1.29, 1.82) is 0 Å². The highest BCUT2D eigenvalue weighted by Crippen LogP contribution is 2.22. The minimum atomic E-state index is -0.837. The van der Waals surface area contributed by atoms with Crippen LogP contribution in [0.4, 0.5) is 0 Å². The zero-order chi connectivity index (χ0) is 21.1. The maximum absolute atomic E-state index is 12.8. The van der Waals surface area contributed by atoms with E-state index in [-0.39, 0.29) is 24.2 Å². The van der Waals surface area contributed by atoms with Crippen molar-refractivity contribution in [2.75, 3.05) is 13.1 Å². The van der Waals surface area contributed by atoms with Crippen molar-refractivity contribution in [3.05, 3.63) is 46.8 Å². The predicted octanol–water partition coefficient (Wildman–Crippen LogP) is 1.84. The summed E-state index contributed by atoms with van der Waals surface area (Å²) in [6.07, 6.45) is 1.98. The van der Waals surface area contributed by atoms with Crippen LogP contribution in [0.2, 0.25) is 0 Å². The lowest BCUT2D eigenvalue weighted by atomic mass is 9.97. The Morgan fingerprint density at radius 1 is 1.21 bits per heavy atom. The van der Waals surface area contributed by atoms with E-state index < -0.39 is 5.97 Å². The fraction of sp³-hybridized carbons (Fsp3) is 0.429. The van der Waals surface area contributed by atoms with Gasteiger partial charge in [0.15, 0.2) is 0 Å². The summed E-state index contributed by atoms with van der Waals surface area (Å²) in [4.78, 5) is 36.8. The van der Waals surface area contributed by atoms with E-state index in [4.69, 9.17) is 10.8 Å². The Bertz CT molecular complexity index is 933. The number of primary amides is 1. The van der Waals surface area contributed by atoms with Crippen LogP contribution in [-0.4, -0.2) is 50.7 Å². The molecule has 0 saturated carbocycles. The van der Waals surface area contributed by atoms with Gasteiger partial charge in [0.2, 0.25) is 5.91 Å². The van der Waals surface area contributed by atoms with Gasteiger partial charge in [-0.25, -0.2) is 4.68 Å². The number of amides is 2. The van der Waals surface area contributed by atoms with Gasteiger partial charge in [-0.05, 0) is 62.9 Å². The third-order valence-corrected chi connectivity index (χ3v) is 5.50. The molecule has 1 aromatic heterocycles. The average molecular weight is 398 g/mol. The van der Waals surface area contributed by atoms with Gasteiger partial charge < -0.3 is 15.7 Å². The maximum Gasteiger partial charge on any atom is 0.303 e. The molecule has 0 spiro atoms. The highest BCUT2D eigenvalue weighted by molar-refractivity contribution is 5.94. The maximum atomic E-state index is 12.8. The SMILES string of the molecule is Cc1nn(-c2ccc(C(=O)N3CCCC(C(N)=O)C3)cc2)c(C)c1CCC(=O)O. The number of benzene rings is 1. The number of nitrogens with zero attached hydrogens (tertiary/aromatic N) is 3. The summed E-state index contributed by atoms with van der Waals surface area (Å²) in [5.41, 5.74) is 9.37. The molecule has 29 heavy (non-hydrogen) atoms. The minimum absolute atomic E-state index is 0.0585. The summed E-state index contributed by atoms with van der Waals surface area (Å²) < 4.78 is 1.77. The van der Waals surface area contributed by atoms with Crippen LogP contribution in [0, 0.1) is 19.8 Å². The van der Waals surface area contributed by atoms with E-state index in [1.165, 1.54) is 0 Å². The second-order valence-electron chi connectivity index (χ2n) is 7.49. The zero-order valence-corrected chi connectivity index (χ0v) is 16.7. The molecule has 3 rings (SSSR count). The Labute approximate surface area is 169 Å². The van der Waals surface area contributed by atoms with Crippen LogP contribution < -0.4 is 5.73 Å². The first-order chi connectivity index (χ1) is 13.8. The Hall–Kier alpha value is -3.16. The molecule has 8 heteroatoms. The third-order valence-electron chi connectivity index (χ3n) is 5.50. The summed E-state index contributed by atoms with van der Waals surface area (Å²) in [6, 6.07) is 7.14. The number of carbonyl (C=O) groups is 3. The van der Waals surface area contributed by atoms with E-state index in [2.05, 4.69) is 5.10 Å². The fourth-order valence-corrected chi connectivity index (χ4v) is 3.84. The molecule has 2 amide bonds. The smallest absolute Gasteiger partial charge is 0.303 e. The number of rotatable bonds is 6. The Morgan fingerprint density at radius 2 is 1.90 bits per heavy atom. The molecule has 8 nitrogen and oxygen atoms in total. The highest BCUT2D eigenvalue weighted by atomic mass is 16.4. The van der Waals surface area contributed by atoms with Crippen molar-refractivity contribution in [1.82, 2.24) is 14.7 Å². The molecule has 154 valence electrons. The third kappa shape index (κ3) is 4.47. The second kappa shape index (κ2) is 8.46. The zero-order valence-electron chi connectivity index (χ0n) is 16.7. The number of carbonyl (C=O) groups excluding carboxylic acids is 2. The lowest BCUT2D eigenvalue weighted by Gasteiger charge is -2.31. The van der Waals surface area contributed by atoms with Gasteiger partial charge >= 0.3 is 5.97 Å². The molecule has 1 unspecified atom stereocenters. The first kappa shape index (κ1) is 20.6. The van der Waals surface area contributed by atoms with Crippen molar-refractivity contribution in [3.8, 4) is 5.69 Å². The van der Waals surface area contributed by atoms with Crippen molar-refractivity contribution in [2.24, 2.45) is 11.7 Å². The molecule has 0 bridgehead atoms. The van der Waals surface area contributed by atoms with Crippen LogP contribution in [0.1, 0.15) is 46.6 Å². The molecule has 0 aliphatic carbocycles. The number of hydrogen-bond donors (Lipinski definition) is 2. The number of carboxylic acids is 1. The standard InChI is InChI=1S/C21H26N4O4/c1-13-18(9-10-19(26)27)14(2)25(23-13)17-7-5-15(6-8-17)21(29)24-11-3-4-16(12-24)20(22)28/h5-8,16H,3-4,9-12H2,1-2H3,(H2,22,28)(H,26,27). The first-order valence-electron chi connectivity index (χ1n) is 9.74. The molecule has 0 radical (unpaired) electrons. The highest BCUT2D eigenvalue weighted by Gasteiger charge is 2.27. The molecule has 3 N–H and O–H groups in total. The van der Waals surface area contributed by atoms with E-state index >= 15 is 0 Å². The predicted molar refractivity (Wildman–Crippen MR) is 107 cm³/mol. The molecule has 1 fully saturated rings. The molecule has 1 aliphatic rings. The van der Waals surface area contributed by atoms with Gasteiger partial charge in [0.1, 0.15) is 0 Å². The summed E-state index contributed by atoms with van der Waals surface area (Å²) >= 11 is 0. The van der Waals surface area contributed by atoms with Crippen LogP contribution >= 0.6 is 0 Å². The van der Waals surface area contributed by atoms with E-state index in [0.29, 0.717) is 25.1 Å². The number of aliphatic carboxylic acids is 1. The van der Waals surface area contributed by atoms with Gasteiger partial charge in [0, 0.05) is 30.8 Å². The van der Waals surface area contributed by atoms with E-state index in [1.54, 1.807) is 21.7 Å². The Morgan fingerprint density at radius 3 is 2.52 bits per heavy atom. The molecule has 1 atom stereocenters. The monoisotopic (exact) mass is 398 g/mol. The van der Waals surface area contributed by atoms with Crippen molar-refractivity contribution in [3.63, 3.8) is 0 Å². The summed E-state index contributed by atoms with van der Waals surface area (Å²) in [5, 5.41) is 13.5. The van der Waals surface area contributed by atoms with Gasteiger partial charge in [-0.1, -0.05) is 0 Å². The molecule has 1 aliphatic heterocycles. The van der Waals surface area contributed by atoms with Gasteiger partial charge in [-0.2, -0.15) is 5.10 Å². The lowest BCUT2D eigenvalue weighted by molar-refractivity contribution is -0.137. The molecular weight excluding hydrogens is 372 g/mol. The van der Waals surface area contributed by atoms with Crippen molar-refractivity contribution >= 4 is 17.8 Å². The van der Waals surface area contributed by atoms with Gasteiger partial charge in [0.25, 0.3) is 5.91 Å². The van der Waals surface area contributed by atoms with Crippen molar-refractivity contribution in [2.45, 2.75) is 39.5 Å². The van der Waals surface area contributed by atoms with Crippen LogP contribution in [0.5, 0.6) is 0 Å². The number of piperidine rings is 1. The van der Waals surface area contributed by atoms with Crippen LogP contribution in [-0.2, 0) is 16.0 Å². The van der Waals surface area contributed by atoms with E-state index in [0.717, 1.165) is 35.5 Å². The number of likely N-dealkylation sites (tertiary alicyclic amines) is 1. The van der Waals surface area contributed by atoms with E-state index in [1.807, 2.05) is 26.0 Å². The number of hydrogen-bond acceptors (Lipinski definition) is 4. The molecule has 2 aromatic rings. The minimum Gasteiger partial charge on any atom is -0.481 e. The quantitative estimate of drug-likeness (QED) is 0.770. The number of carboxylic acid groups (broad SMARTS) is 1. The van der Waals surface area contributed by atoms with E-state index in [9.17, 15) is 14.4 Å². The van der Waals surface area contributed by atoms with Crippen LogP contribution in [0.3, 0.4) is 0 Å². The normalized spacial score (nSPS) is 16.6. The lowest BCUT2D eigenvalue weighted by Crippen LogP contribution is -2.44. The molecule has 1 saturated heterocycles. The Balaban J connectivity index is 1.77. The van der Waals surface area contributed by atoms with Gasteiger partial charge in [0.05, 0.1) is 17.3 Å². The summed E-state index contributed by atoms with van der Waals surface area (Å²) in [5.74, 6) is -1.60. The molecular formula is C21H26N4O4. The Kier molecular flexibility index (Phi) is 6.00. The summed E-state index contributed by atoms with van der Waals surface area (Å²) in [6.45, 7) is 4.76. The van der Waals surface area contributed by atoms with Crippen molar-refractivity contribution < 1.29 is 19.5 Å². The number of aryl methyl sites for hydroxylation is 1. The second-order valence-corrected chi connectivity index (χ2v) is 7.49. The number of nitrogens with two attached hydrogens (primary N) is 1. The van der Waals surface area contributed by atoms with Crippen LogP contribution in [0.15, 0.2) is 24.3 Å². The van der Waals surface area contributed by atoms with Gasteiger partial charge in [-0.3, -0.25) is 14.4 Å². The summed E-state index contributed by atoms with van der Waals surface area (Å²) in [7, 11) is 0. The average Bonchev–Trinajstić information content (AvgIpc) is 2.99. The number of aromatic nitrogens is 2. The molecule has 1 aromatic carbocycles. The first-order valence-corrected chi connectivity index (χ1v) is 9.74. The molecule has 2 heterocycles. The fourth-order valence-electron chi connectivity index (χ4n) is 3.84.